The molecule has 0 saturated heterocycles. The number of rotatable bonds is 4. The van der Waals surface area contributed by atoms with E-state index in [0.29, 0.717) is 13.2 Å². The van der Waals surface area contributed by atoms with Crippen LogP contribution < -0.4 is 5.32 Å². The number of anilines is 1. The highest BCUT2D eigenvalue weighted by atomic mass is 16.5. The van der Waals surface area contributed by atoms with Crippen LogP contribution in [-0.4, -0.2) is 13.7 Å². The summed E-state index contributed by atoms with van der Waals surface area (Å²) in [6.07, 6.45) is 0. The predicted octanol–water partition coefficient (Wildman–Crippen LogP) is 3.30. The van der Waals surface area contributed by atoms with Crippen molar-refractivity contribution in [1.29, 1.82) is 0 Å². The van der Waals surface area contributed by atoms with E-state index in [4.69, 9.17) is 4.74 Å². The lowest BCUT2D eigenvalue weighted by Gasteiger charge is -2.08. The molecule has 0 atom stereocenters. The number of nitrogens with one attached hydrogen (secondary N) is 1. The zero-order valence-electron chi connectivity index (χ0n) is 11.0. The molecule has 2 aromatic rings. The molecule has 0 aromatic heterocycles. The van der Waals surface area contributed by atoms with Crippen LogP contribution >= 0.6 is 0 Å². The van der Waals surface area contributed by atoms with Crippen molar-refractivity contribution in [2.45, 2.75) is 6.61 Å². The topological polar surface area (TPSA) is 21.3 Å². The van der Waals surface area contributed by atoms with Crippen molar-refractivity contribution < 1.29 is 4.74 Å². The van der Waals surface area contributed by atoms with Crippen molar-refractivity contribution in [3.63, 3.8) is 0 Å². The summed E-state index contributed by atoms with van der Waals surface area (Å²) in [5, 5.41) is 3.31. The van der Waals surface area contributed by atoms with Crippen molar-refractivity contribution in [2.75, 3.05) is 19.0 Å². The molecule has 0 fully saturated rings. The Labute approximate surface area is 114 Å². The minimum absolute atomic E-state index is 0.606. The van der Waals surface area contributed by atoms with Crippen LogP contribution in [0.2, 0.25) is 0 Å². The summed E-state index contributed by atoms with van der Waals surface area (Å²) in [6.45, 7) is 1.23. The molecule has 2 heteroatoms. The van der Waals surface area contributed by atoms with E-state index in [1.165, 1.54) is 0 Å². The predicted molar refractivity (Wildman–Crippen MR) is 79.0 cm³/mol. The summed E-state index contributed by atoms with van der Waals surface area (Å²) in [6, 6.07) is 18.1. The largest absolute Gasteiger partial charge is 0.380 e. The smallest absolute Gasteiger partial charge is 0.0769 e. The van der Waals surface area contributed by atoms with Gasteiger partial charge in [0.1, 0.15) is 0 Å². The monoisotopic (exact) mass is 251 g/mol. The lowest BCUT2D eigenvalue weighted by molar-refractivity contribution is 0.185. The summed E-state index contributed by atoms with van der Waals surface area (Å²) in [7, 11) is 1.70. The van der Waals surface area contributed by atoms with Gasteiger partial charge in [0.15, 0.2) is 0 Å². The fraction of sp³-hybridized carbons (Fsp3) is 0.176. The summed E-state index contributed by atoms with van der Waals surface area (Å²) in [5.41, 5.74) is 3.26. The second kappa shape index (κ2) is 7.25. The average Bonchev–Trinajstić information content (AvgIpc) is 2.47. The molecule has 19 heavy (non-hydrogen) atoms. The van der Waals surface area contributed by atoms with Gasteiger partial charge in [-0.25, -0.2) is 0 Å². The Balaban J connectivity index is 1.95. The first kappa shape index (κ1) is 13.2. The molecule has 0 aliphatic rings. The zero-order valence-corrected chi connectivity index (χ0v) is 11.0. The average molecular weight is 251 g/mol. The Kier molecular flexibility index (Phi) is 5.04. The van der Waals surface area contributed by atoms with E-state index in [0.717, 1.165) is 16.8 Å². The number of hydrogen-bond donors (Lipinski definition) is 1. The summed E-state index contributed by atoms with van der Waals surface area (Å²) in [4.78, 5) is 0. The first-order chi connectivity index (χ1) is 9.40. The van der Waals surface area contributed by atoms with E-state index in [1.807, 2.05) is 48.5 Å². The van der Waals surface area contributed by atoms with Crippen LogP contribution in [0.5, 0.6) is 0 Å². The van der Waals surface area contributed by atoms with Crippen molar-refractivity contribution in [3.05, 3.63) is 65.7 Å². The van der Waals surface area contributed by atoms with E-state index in [2.05, 4.69) is 23.2 Å². The van der Waals surface area contributed by atoms with E-state index in [1.54, 1.807) is 7.11 Å². The fourth-order valence-corrected chi connectivity index (χ4v) is 1.78. The Morgan fingerprint density at radius 2 is 1.74 bits per heavy atom. The van der Waals surface area contributed by atoms with Crippen LogP contribution in [-0.2, 0) is 11.3 Å². The minimum atomic E-state index is 0.606. The molecule has 96 valence electrons. The molecule has 0 saturated carbocycles. The Hall–Kier alpha value is -2.24. The zero-order chi connectivity index (χ0) is 13.3. The third kappa shape index (κ3) is 4.17. The quantitative estimate of drug-likeness (QED) is 0.842. The molecular weight excluding hydrogens is 234 g/mol. The number of hydrogen-bond acceptors (Lipinski definition) is 2. The van der Waals surface area contributed by atoms with Gasteiger partial charge in [0.25, 0.3) is 0 Å². The van der Waals surface area contributed by atoms with Gasteiger partial charge in [-0.1, -0.05) is 48.2 Å². The maximum atomic E-state index is 5.17. The third-order valence-corrected chi connectivity index (χ3v) is 2.69. The van der Waals surface area contributed by atoms with Gasteiger partial charge < -0.3 is 10.1 Å². The van der Waals surface area contributed by atoms with Crippen LogP contribution in [0.4, 0.5) is 5.69 Å². The van der Waals surface area contributed by atoms with E-state index < -0.39 is 0 Å². The standard InChI is InChI=1S/C17H17NO/c1-19-14-16-11-5-6-12-17(16)18-13-7-10-15-8-3-2-4-9-15/h2-6,8-9,11-12,18H,13-14H2,1H3. The molecule has 2 aromatic carbocycles. The van der Waals surface area contributed by atoms with Gasteiger partial charge in [-0.05, 0) is 18.2 Å². The van der Waals surface area contributed by atoms with E-state index in [9.17, 15) is 0 Å². The van der Waals surface area contributed by atoms with Gasteiger partial charge >= 0.3 is 0 Å². The minimum Gasteiger partial charge on any atom is -0.380 e. The molecule has 0 aliphatic carbocycles. The lowest BCUT2D eigenvalue weighted by Crippen LogP contribution is -2.02. The fourth-order valence-electron chi connectivity index (χ4n) is 1.78. The number of methoxy groups -OCH3 is 1. The van der Waals surface area contributed by atoms with E-state index in [-0.39, 0.29) is 0 Å². The molecule has 0 heterocycles. The van der Waals surface area contributed by atoms with Gasteiger partial charge in [0.2, 0.25) is 0 Å². The highest BCUT2D eigenvalue weighted by Crippen LogP contribution is 2.15. The molecule has 2 rings (SSSR count). The summed E-state index contributed by atoms with van der Waals surface area (Å²) >= 11 is 0. The lowest BCUT2D eigenvalue weighted by atomic mass is 10.2. The molecule has 1 N–H and O–H groups in total. The molecule has 0 radical (unpaired) electrons. The summed E-state index contributed by atoms with van der Waals surface area (Å²) < 4.78 is 5.17. The molecular formula is C17H17NO. The number of para-hydroxylation sites is 1. The first-order valence-corrected chi connectivity index (χ1v) is 6.25. The molecule has 0 unspecified atom stereocenters. The number of ether oxygens (including phenoxy) is 1. The first-order valence-electron chi connectivity index (χ1n) is 6.25. The van der Waals surface area contributed by atoms with Crippen LogP contribution in [0, 0.1) is 11.8 Å². The van der Waals surface area contributed by atoms with Gasteiger partial charge in [-0.15, -0.1) is 0 Å². The van der Waals surface area contributed by atoms with Crippen molar-refractivity contribution >= 4 is 5.69 Å². The van der Waals surface area contributed by atoms with Crippen LogP contribution in [0.3, 0.4) is 0 Å². The van der Waals surface area contributed by atoms with Crippen LogP contribution in [0.1, 0.15) is 11.1 Å². The maximum Gasteiger partial charge on any atom is 0.0769 e. The van der Waals surface area contributed by atoms with Crippen LogP contribution in [0.15, 0.2) is 54.6 Å². The molecule has 0 bridgehead atoms. The maximum absolute atomic E-state index is 5.17. The Bertz CT molecular complexity index is 567. The normalized spacial score (nSPS) is 9.53. The number of benzene rings is 2. The SMILES string of the molecule is COCc1ccccc1NCC#Cc1ccccc1. The highest BCUT2D eigenvalue weighted by Gasteiger charge is 1.98. The molecule has 2 nitrogen and oxygen atoms in total. The highest BCUT2D eigenvalue weighted by molar-refractivity contribution is 5.51. The second-order valence-electron chi connectivity index (χ2n) is 4.11. The second-order valence-corrected chi connectivity index (χ2v) is 4.11. The Morgan fingerprint density at radius 3 is 2.53 bits per heavy atom. The van der Waals surface area contributed by atoms with Gasteiger partial charge in [-0.3, -0.25) is 0 Å². The van der Waals surface area contributed by atoms with Gasteiger partial charge in [0.05, 0.1) is 13.2 Å². The van der Waals surface area contributed by atoms with Crippen molar-refractivity contribution in [2.24, 2.45) is 0 Å². The molecule has 0 spiro atoms. The van der Waals surface area contributed by atoms with Gasteiger partial charge in [0, 0.05) is 23.9 Å². The van der Waals surface area contributed by atoms with Gasteiger partial charge in [-0.2, -0.15) is 0 Å². The summed E-state index contributed by atoms with van der Waals surface area (Å²) in [5.74, 6) is 6.24. The molecule has 0 aliphatic heterocycles. The Morgan fingerprint density at radius 1 is 1.00 bits per heavy atom. The van der Waals surface area contributed by atoms with Crippen molar-refractivity contribution in [1.82, 2.24) is 0 Å². The molecule has 0 amide bonds. The van der Waals surface area contributed by atoms with Crippen LogP contribution in [0.25, 0.3) is 0 Å². The van der Waals surface area contributed by atoms with E-state index >= 15 is 0 Å². The van der Waals surface area contributed by atoms with Crippen molar-refractivity contribution in [3.8, 4) is 11.8 Å². The third-order valence-electron chi connectivity index (χ3n) is 2.69.